The van der Waals surface area contributed by atoms with Crippen LogP contribution in [0.25, 0.3) is 0 Å². The molecule has 0 bridgehead atoms. The van der Waals surface area contributed by atoms with Crippen LogP contribution < -0.4 is 10.6 Å². The molecule has 0 atom stereocenters. The van der Waals surface area contributed by atoms with E-state index in [-0.39, 0.29) is 29.2 Å². The quantitative estimate of drug-likeness (QED) is 0.734. The molecule has 2 N–H and O–H groups in total. The number of nitrogens with one attached hydrogen (secondary N) is 2. The highest BCUT2D eigenvalue weighted by Crippen LogP contribution is 2.29. The van der Waals surface area contributed by atoms with Crippen molar-refractivity contribution in [3.05, 3.63) is 69.2 Å². The lowest BCUT2D eigenvalue weighted by Crippen LogP contribution is -2.34. The SMILES string of the molecule is O=C(NCCNC(=O)c1ccc(Cl)cc1Cl)c1ccc(C(F)(F)F)cc1. The van der Waals surface area contributed by atoms with Crippen molar-refractivity contribution in [1.82, 2.24) is 10.6 Å². The predicted octanol–water partition coefficient (Wildman–Crippen LogP) is 4.17. The third-order valence-corrected chi connectivity index (χ3v) is 3.89. The summed E-state index contributed by atoms with van der Waals surface area (Å²) < 4.78 is 37.4. The second-order valence-corrected chi connectivity index (χ2v) is 6.05. The zero-order valence-electron chi connectivity index (χ0n) is 13.2. The van der Waals surface area contributed by atoms with Crippen molar-refractivity contribution >= 4 is 35.0 Å². The molecule has 138 valence electrons. The van der Waals surface area contributed by atoms with Crippen LogP contribution in [0.5, 0.6) is 0 Å². The van der Waals surface area contributed by atoms with Crippen molar-refractivity contribution in [1.29, 1.82) is 0 Å². The number of alkyl halides is 3. The van der Waals surface area contributed by atoms with Gasteiger partial charge in [0.25, 0.3) is 11.8 Å². The van der Waals surface area contributed by atoms with E-state index in [1.54, 1.807) is 0 Å². The number of halogens is 5. The number of hydrogen-bond acceptors (Lipinski definition) is 2. The van der Waals surface area contributed by atoms with Crippen molar-refractivity contribution in [2.45, 2.75) is 6.18 Å². The predicted molar refractivity (Wildman–Crippen MR) is 92.6 cm³/mol. The molecule has 0 aliphatic rings. The summed E-state index contributed by atoms with van der Waals surface area (Å²) >= 11 is 11.7. The molecule has 0 aliphatic carbocycles. The van der Waals surface area contributed by atoms with Gasteiger partial charge in [0.1, 0.15) is 0 Å². The Balaban J connectivity index is 1.82. The van der Waals surface area contributed by atoms with E-state index in [1.807, 2.05) is 0 Å². The number of carbonyl (C=O) groups is 2. The fourth-order valence-electron chi connectivity index (χ4n) is 2.03. The van der Waals surface area contributed by atoms with Crippen LogP contribution in [0.15, 0.2) is 42.5 Å². The van der Waals surface area contributed by atoms with E-state index in [0.717, 1.165) is 24.3 Å². The molecule has 2 aromatic rings. The maximum absolute atomic E-state index is 12.5. The Morgan fingerprint density at radius 1 is 0.885 bits per heavy atom. The molecular weight excluding hydrogens is 392 g/mol. The summed E-state index contributed by atoms with van der Waals surface area (Å²) in [7, 11) is 0. The molecule has 0 aliphatic heterocycles. The van der Waals surface area contributed by atoms with Crippen molar-refractivity contribution < 1.29 is 22.8 Å². The molecule has 0 spiro atoms. The molecule has 0 fully saturated rings. The van der Waals surface area contributed by atoms with Gasteiger partial charge in [-0.3, -0.25) is 9.59 Å². The highest BCUT2D eigenvalue weighted by Gasteiger charge is 2.30. The summed E-state index contributed by atoms with van der Waals surface area (Å²) in [4.78, 5) is 23.8. The van der Waals surface area contributed by atoms with Crippen molar-refractivity contribution in [2.75, 3.05) is 13.1 Å². The molecular formula is C17H13Cl2F3N2O2. The minimum Gasteiger partial charge on any atom is -0.350 e. The number of rotatable bonds is 5. The van der Waals surface area contributed by atoms with Gasteiger partial charge in [-0.1, -0.05) is 23.2 Å². The van der Waals surface area contributed by atoms with E-state index in [0.29, 0.717) is 5.02 Å². The van der Waals surface area contributed by atoms with Crippen LogP contribution in [0.4, 0.5) is 13.2 Å². The molecule has 4 nitrogen and oxygen atoms in total. The summed E-state index contributed by atoms with van der Waals surface area (Å²) in [6, 6.07) is 8.27. The average molecular weight is 405 g/mol. The Morgan fingerprint density at radius 2 is 1.46 bits per heavy atom. The van der Waals surface area contributed by atoms with Gasteiger partial charge in [0.15, 0.2) is 0 Å². The first-order chi connectivity index (χ1) is 12.2. The minimum atomic E-state index is -4.46. The third-order valence-electron chi connectivity index (χ3n) is 3.35. The summed E-state index contributed by atoms with van der Waals surface area (Å²) in [6.07, 6.45) is -4.46. The monoisotopic (exact) mass is 404 g/mol. The number of benzene rings is 2. The second kappa shape index (κ2) is 8.42. The molecule has 0 saturated carbocycles. The van der Waals surface area contributed by atoms with Crippen LogP contribution in [0, 0.1) is 0 Å². The molecule has 26 heavy (non-hydrogen) atoms. The lowest BCUT2D eigenvalue weighted by molar-refractivity contribution is -0.137. The first-order valence-corrected chi connectivity index (χ1v) is 8.13. The van der Waals surface area contributed by atoms with Crippen molar-refractivity contribution in [2.24, 2.45) is 0 Å². The lowest BCUT2D eigenvalue weighted by Gasteiger charge is -2.09. The Hall–Kier alpha value is -2.25. The topological polar surface area (TPSA) is 58.2 Å². The lowest BCUT2D eigenvalue weighted by atomic mass is 10.1. The summed E-state index contributed by atoms with van der Waals surface area (Å²) in [5, 5.41) is 5.66. The van der Waals surface area contributed by atoms with Gasteiger partial charge in [0.2, 0.25) is 0 Å². The largest absolute Gasteiger partial charge is 0.416 e. The van der Waals surface area contributed by atoms with E-state index in [9.17, 15) is 22.8 Å². The molecule has 2 rings (SSSR count). The van der Waals surface area contributed by atoms with E-state index >= 15 is 0 Å². The molecule has 0 saturated heterocycles. The molecule has 2 aromatic carbocycles. The van der Waals surface area contributed by atoms with Crippen LogP contribution in [-0.2, 0) is 6.18 Å². The maximum atomic E-state index is 12.5. The molecule has 0 aromatic heterocycles. The average Bonchev–Trinajstić information content (AvgIpc) is 2.57. The zero-order chi connectivity index (χ0) is 19.3. The maximum Gasteiger partial charge on any atom is 0.416 e. The van der Waals surface area contributed by atoms with Crippen LogP contribution in [0.2, 0.25) is 10.0 Å². The summed E-state index contributed by atoms with van der Waals surface area (Å²) in [5.41, 5.74) is -0.503. The van der Waals surface area contributed by atoms with E-state index in [2.05, 4.69) is 10.6 Å². The fraction of sp³-hybridized carbons (Fsp3) is 0.176. The van der Waals surface area contributed by atoms with Gasteiger partial charge in [-0.05, 0) is 42.5 Å². The van der Waals surface area contributed by atoms with Gasteiger partial charge in [0, 0.05) is 23.7 Å². The molecule has 0 radical (unpaired) electrons. The number of amides is 2. The Kier molecular flexibility index (Phi) is 6.50. The minimum absolute atomic E-state index is 0.0880. The number of carbonyl (C=O) groups excluding carboxylic acids is 2. The highest BCUT2D eigenvalue weighted by atomic mass is 35.5. The highest BCUT2D eigenvalue weighted by molar-refractivity contribution is 6.36. The van der Waals surface area contributed by atoms with E-state index < -0.39 is 23.6 Å². The fourth-order valence-corrected chi connectivity index (χ4v) is 2.53. The van der Waals surface area contributed by atoms with Crippen molar-refractivity contribution in [3.8, 4) is 0 Å². The standard InChI is InChI=1S/C17H13Cl2F3N2O2/c18-12-5-6-13(14(19)9-12)16(26)24-8-7-23-15(25)10-1-3-11(4-2-10)17(20,21)22/h1-6,9H,7-8H2,(H,23,25)(H,24,26). The zero-order valence-corrected chi connectivity index (χ0v) is 14.7. The normalized spacial score (nSPS) is 11.1. The van der Waals surface area contributed by atoms with Crippen LogP contribution in [0.3, 0.4) is 0 Å². The molecule has 2 amide bonds. The van der Waals surface area contributed by atoms with Gasteiger partial charge >= 0.3 is 6.18 Å². The second-order valence-electron chi connectivity index (χ2n) is 5.21. The molecule has 0 heterocycles. The van der Waals surface area contributed by atoms with Crippen molar-refractivity contribution in [3.63, 3.8) is 0 Å². The van der Waals surface area contributed by atoms with E-state index in [4.69, 9.17) is 23.2 Å². The Labute approximate surface area is 157 Å². The van der Waals surface area contributed by atoms with Gasteiger partial charge in [-0.15, -0.1) is 0 Å². The Morgan fingerprint density at radius 3 is 2.00 bits per heavy atom. The third kappa shape index (κ3) is 5.37. The Bertz CT molecular complexity index is 809. The summed E-state index contributed by atoms with van der Waals surface area (Å²) in [5.74, 6) is -0.979. The smallest absolute Gasteiger partial charge is 0.350 e. The van der Waals surface area contributed by atoms with Crippen LogP contribution >= 0.6 is 23.2 Å². The van der Waals surface area contributed by atoms with Gasteiger partial charge in [0.05, 0.1) is 16.1 Å². The van der Waals surface area contributed by atoms with Crippen LogP contribution in [0.1, 0.15) is 26.3 Å². The first kappa shape index (κ1) is 20.1. The first-order valence-electron chi connectivity index (χ1n) is 7.37. The van der Waals surface area contributed by atoms with Gasteiger partial charge < -0.3 is 10.6 Å². The van der Waals surface area contributed by atoms with Gasteiger partial charge in [-0.2, -0.15) is 13.2 Å². The molecule has 9 heteroatoms. The van der Waals surface area contributed by atoms with Gasteiger partial charge in [-0.25, -0.2) is 0 Å². The number of hydrogen-bond donors (Lipinski definition) is 2. The van der Waals surface area contributed by atoms with E-state index in [1.165, 1.54) is 18.2 Å². The van der Waals surface area contributed by atoms with Crippen LogP contribution in [-0.4, -0.2) is 24.9 Å². The molecule has 0 unspecified atom stereocenters. The summed E-state index contributed by atoms with van der Waals surface area (Å²) in [6.45, 7) is 0.209.